The lowest BCUT2D eigenvalue weighted by atomic mass is 9.91. The predicted octanol–water partition coefficient (Wildman–Crippen LogP) is 13.3. The van der Waals surface area contributed by atoms with Gasteiger partial charge in [-0.3, -0.25) is 47.7 Å². The molecule has 2 fully saturated rings. The maximum atomic E-state index is 15.5. The summed E-state index contributed by atoms with van der Waals surface area (Å²) in [5.74, 6) is -1.09. The minimum atomic E-state index is -3.65. The fraction of sp³-hybridized carbons (Fsp3) is 0.239. The number of nitrogens with zero attached hydrogens (tertiary/aromatic N) is 2. The third kappa shape index (κ3) is 10.7. The summed E-state index contributed by atoms with van der Waals surface area (Å²) in [6.45, 7) is 15.1. The van der Waals surface area contributed by atoms with E-state index in [0.717, 1.165) is 55.6 Å². The minimum absolute atomic E-state index is 0.0579. The molecular formula is C71H70N4O10P2. The highest BCUT2D eigenvalue weighted by atomic mass is 31.2. The van der Waals surface area contributed by atoms with Crippen molar-refractivity contribution in [2.45, 2.75) is 72.1 Å². The van der Waals surface area contributed by atoms with Crippen molar-refractivity contribution in [1.29, 1.82) is 0 Å². The molecule has 4 aliphatic rings. The van der Waals surface area contributed by atoms with Crippen LogP contribution in [-0.4, -0.2) is 54.4 Å². The molecule has 8 unspecified atom stereocenters. The first-order chi connectivity index (χ1) is 41.5. The van der Waals surface area contributed by atoms with E-state index >= 15 is 9.13 Å². The molecule has 0 radical (unpaired) electrons. The normalized spacial score (nSPS) is 22.0. The van der Waals surface area contributed by atoms with Gasteiger partial charge in [-0.1, -0.05) is 184 Å². The number of anilines is 2. The van der Waals surface area contributed by atoms with E-state index in [1.807, 2.05) is 198 Å². The van der Waals surface area contributed by atoms with Crippen LogP contribution in [0.5, 0.6) is 11.5 Å². The minimum Gasteiger partial charge on any atom is -0.438 e. The van der Waals surface area contributed by atoms with Crippen LogP contribution in [-0.2, 0) is 48.2 Å². The van der Waals surface area contributed by atoms with Gasteiger partial charge in [0.2, 0.25) is 35.4 Å². The maximum Gasteiger partial charge on any atom is 0.292 e. The summed E-state index contributed by atoms with van der Waals surface area (Å²) >= 11 is 0. The number of para-hydroxylation sites is 2. The second kappa shape index (κ2) is 24.1. The van der Waals surface area contributed by atoms with Crippen LogP contribution >= 0.6 is 14.7 Å². The number of hydrogen-bond donors (Lipinski definition) is 2. The van der Waals surface area contributed by atoms with E-state index in [2.05, 4.69) is 10.6 Å². The van der Waals surface area contributed by atoms with Gasteiger partial charge in [0.15, 0.2) is 0 Å². The van der Waals surface area contributed by atoms with E-state index in [4.69, 9.17) is 9.05 Å². The molecule has 6 amide bonds. The topological polar surface area (TPSA) is 186 Å². The first-order valence-corrected chi connectivity index (χ1v) is 32.3. The molecule has 0 saturated carbocycles. The highest BCUT2D eigenvalue weighted by Crippen LogP contribution is 2.70. The highest BCUT2D eigenvalue weighted by Gasteiger charge is 2.55. The molecule has 4 aliphatic heterocycles. The van der Waals surface area contributed by atoms with Crippen molar-refractivity contribution in [3.63, 3.8) is 0 Å². The summed E-state index contributed by atoms with van der Waals surface area (Å²) in [6, 6.07) is 61.5. The number of carbonyl (C=O) groups excluding carboxylic acids is 6. The number of amides is 6. The number of imide groups is 2. The van der Waals surface area contributed by atoms with Gasteiger partial charge in [0.1, 0.15) is 28.2 Å². The summed E-state index contributed by atoms with van der Waals surface area (Å²) in [6.07, 6.45) is -0.265. The summed E-state index contributed by atoms with van der Waals surface area (Å²) in [7, 11) is -4.25. The Labute approximate surface area is 508 Å². The molecule has 0 aliphatic carbocycles. The van der Waals surface area contributed by atoms with Crippen molar-refractivity contribution in [2.75, 3.05) is 24.3 Å². The fourth-order valence-corrected chi connectivity index (χ4v) is 17.8. The van der Waals surface area contributed by atoms with Gasteiger partial charge < -0.3 is 19.7 Å². The zero-order valence-corrected chi connectivity index (χ0v) is 52.2. The molecule has 2 saturated heterocycles. The van der Waals surface area contributed by atoms with E-state index in [-0.39, 0.29) is 59.6 Å². The van der Waals surface area contributed by atoms with E-state index in [1.165, 1.54) is 23.9 Å². The van der Waals surface area contributed by atoms with Gasteiger partial charge >= 0.3 is 0 Å². The zero-order chi connectivity index (χ0) is 62.3. The van der Waals surface area contributed by atoms with Crippen molar-refractivity contribution < 1.29 is 46.9 Å². The van der Waals surface area contributed by atoms with Gasteiger partial charge in [-0.05, 0) is 110 Å². The predicted molar refractivity (Wildman–Crippen MR) is 342 cm³/mol. The lowest BCUT2D eigenvalue weighted by molar-refractivity contribution is -0.138. The van der Waals surface area contributed by atoms with Crippen molar-refractivity contribution in [2.24, 2.45) is 23.7 Å². The molecule has 444 valence electrons. The molecular weight excluding hydrogens is 1130 g/mol. The van der Waals surface area contributed by atoms with Gasteiger partial charge in [-0.15, -0.1) is 0 Å². The number of carbonyl (C=O) groups is 6. The van der Waals surface area contributed by atoms with Crippen LogP contribution in [0.25, 0.3) is 22.3 Å². The molecule has 0 spiro atoms. The number of benzene rings is 8. The van der Waals surface area contributed by atoms with Crippen LogP contribution in [0.2, 0.25) is 0 Å². The molecule has 87 heavy (non-hydrogen) atoms. The molecule has 0 aromatic heterocycles. The van der Waals surface area contributed by atoms with Crippen LogP contribution in [0.15, 0.2) is 194 Å². The highest BCUT2D eigenvalue weighted by molar-refractivity contribution is 7.69. The smallest absolute Gasteiger partial charge is 0.292 e. The third-order valence-electron chi connectivity index (χ3n) is 17.8. The Morgan fingerprint density at radius 3 is 1.16 bits per heavy atom. The van der Waals surface area contributed by atoms with Gasteiger partial charge in [-0.2, -0.15) is 0 Å². The fourth-order valence-electron chi connectivity index (χ4n) is 11.9. The van der Waals surface area contributed by atoms with Gasteiger partial charge in [0.25, 0.3) is 14.7 Å². The SMILES string of the molecule is CC1C(=O)N(C)C(=O)C1C.CNC(=O)CC(=O)Nc1ccc(C(C)(c2ccc(C)cc2)P2(=O)Oc3ccccc3-c3ccccc32)cc1.Cc1ccc(C(C)(c2ccc(N3C(=O)C(C)C(C)C3=O)cc2)P2(=O)Oc3ccccc3-c3ccccc32)cc1. The average molecular weight is 1200 g/mol. The molecule has 16 heteroatoms. The second-order valence-corrected chi connectivity index (χ2v) is 28.4. The van der Waals surface area contributed by atoms with Crippen molar-refractivity contribution in [3.05, 3.63) is 228 Å². The lowest BCUT2D eigenvalue weighted by Crippen LogP contribution is -2.34. The standard InChI is InChI=1S/C33H30NO4P.C31H29N2O4P.C7H11NO2/c1-21-13-15-24(16-14-21)33(4,25-17-19-26(20-18-25)34-31(35)22(2)23(3)32(34)36)39(37)30-12-8-6-10-28(30)27-9-5-7-11-29(27)38-39;1-21-12-14-22(15-13-21)31(2,23-16-18-24(19-17-23)33-30(35)20-29(34)32-3)38(36)28-11-7-5-9-26(28)25-8-4-6-10-27(25)37-38;1-4-5(2)7(10)8(3)6(4)9/h5-20,22-23H,1-4H3;4-19H,20H2,1-3H3,(H,32,34)(H,33,35);4-5H,1-3H3. The molecule has 0 bridgehead atoms. The van der Waals surface area contributed by atoms with Crippen LogP contribution in [0.3, 0.4) is 0 Å². The number of likely N-dealkylation sites (tertiary alicyclic amines) is 1. The van der Waals surface area contributed by atoms with Crippen LogP contribution in [0.4, 0.5) is 11.4 Å². The van der Waals surface area contributed by atoms with Crippen molar-refractivity contribution in [3.8, 4) is 33.8 Å². The van der Waals surface area contributed by atoms with Crippen LogP contribution in [0.1, 0.15) is 81.3 Å². The molecule has 8 aromatic carbocycles. The molecule has 8 atom stereocenters. The Morgan fingerprint density at radius 1 is 0.460 bits per heavy atom. The van der Waals surface area contributed by atoms with E-state index in [0.29, 0.717) is 33.5 Å². The number of nitrogens with one attached hydrogen (secondary N) is 2. The molecule has 8 aromatic rings. The zero-order valence-electron chi connectivity index (χ0n) is 50.4. The number of rotatable bonds is 10. The van der Waals surface area contributed by atoms with Crippen molar-refractivity contribution in [1.82, 2.24) is 10.2 Å². The molecule has 12 rings (SSSR count). The summed E-state index contributed by atoms with van der Waals surface area (Å²) in [5.41, 5.74) is 10.1. The molecule has 14 nitrogen and oxygen atoms in total. The van der Waals surface area contributed by atoms with E-state index < -0.39 is 31.0 Å². The monoisotopic (exact) mass is 1200 g/mol. The largest absolute Gasteiger partial charge is 0.438 e. The summed E-state index contributed by atoms with van der Waals surface area (Å²) in [4.78, 5) is 74.0. The average Bonchev–Trinajstić information content (AvgIpc) is 1.37. The van der Waals surface area contributed by atoms with Gasteiger partial charge in [-0.25, -0.2) is 0 Å². The Bertz CT molecular complexity index is 4070. The van der Waals surface area contributed by atoms with Crippen molar-refractivity contribution >= 4 is 72.2 Å². The molecule has 4 heterocycles. The van der Waals surface area contributed by atoms with Gasteiger partial charge in [0, 0.05) is 54.6 Å². The summed E-state index contributed by atoms with van der Waals surface area (Å²) < 4.78 is 44.0. The van der Waals surface area contributed by atoms with E-state index in [1.54, 1.807) is 52.0 Å². The molecule has 2 N–H and O–H groups in total. The third-order valence-corrected chi connectivity index (χ3v) is 24.2. The lowest BCUT2D eigenvalue weighted by Gasteiger charge is -2.41. The van der Waals surface area contributed by atoms with E-state index in [9.17, 15) is 28.8 Å². The first kappa shape index (κ1) is 61.1. The second-order valence-electron chi connectivity index (χ2n) is 23.1. The Hall–Kier alpha value is -8.96. The summed E-state index contributed by atoms with van der Waals surface area (Å²) in [5, 5.41) is 4.42. The Kier molecular flexibility index (Phi) is 16.9. The van der Waals surface area contributed by atoms with Gasteiger partial charge in [0.05, 0.1) is 16.3 Å². The number of fused-ring (bicyclic) bond motifs is 6. The van der Waals surface area contributed by atoms with Crippen LogP contribution < -0.4 is 35.2 Å². The number of aryl methyl sites for hydroxylation is 2. The quantitative estimate of drug-likeness (QED) is 0.0758. The first-order valence-electron chi connectivity index (χ1n) is 29.0. The van der Waals surface area contributed by atoms with Crippen LogP contribution in [0, 0.1) is 37.5 Å². The Morgan fingerprint density at radius 2 is 0.793 bits per heavy atom. The Balaban J connectivity index is 0.000000166. The number of hydrogen-bond acceptors (Lipinski definition) is 10. The maximum absolute atomic E-state index is 15.5.